The second-order valence-corrected chi connectivity index (χ2v) is 5.25. The summed E-state index contributed by atoms with van der Waals surface area (Å²) in [5.41, 5.74) is 2.00. The number of halogens is 2. The first kappa shape index (κ1) is 15.8. The van der Waals surface area contributed by atoms with Gasteiger partial charge in [-0.05, 0) is 48.9 Å². The summed E-state index contributed by atoms with van der Waals surface area (Å²) < 4.78 is 10.8. The molecule has 0 bridgehead atoms. The lowest BCUT2D eigenvalue weighted by Gasteiger charge is -2.14. The number of benzene rings is 2. The van der Waals surface area contributed by atoms with Gasteiger partial charge in [-0.3, -0.25) is 0 Å². The van der Waals surface area contributed by atoms with Crippen molar-refractivity contribution >= 4 is 28.9 Å². The van der Waals surface area contributed by atoms with Gasteiger partial charge in [-0.15, -0.1) is 0 Å². The fourth-order valence-electron chi connectivity index (χ4n) is 1.93. The van der Waals surface area contributed by atoms with Gasteiger partial charge in [0.25, 0.3) is 0 Å². The van der Waals surface area contributed by atoms with Crippen molar-refractivity contribution in [3.63, 3.8) is 0 Å². The van der Waals surface area contributed by atoms with Crippen LogP contribution in [0.1, 0.15) is 12.5 Å². The zero-order valence-corrected chi connectivity index (χ0v) is 13.5. The van der Waals surface area contributed by atoms with Crippen LogP contribution >= 0.6 is 23.2 Å². The summed E-state index contributed by atoms with van der Waals surface area (Å²) in [5.74, 6) is 1.22. The molecule has 0 saturated carbocycles. The molecule has 5 heteroatoms. The van der Waals surface area contributed by atoms with Gasteiger partial charge in [0.05, 0.1) is 18.7 Å². The molecule has 0 aliphatic carbocycles. The van der Waals surface area contributed by atoms with Gasteiger partial charge in [0.1, 0.15) is 0 Å². The minimum Gasteiger partial charge on any atom is -0.493 e. The Morgan fingerprint density at radius 2 is 1.81 bits per heavy atom. The summed E-state index contributed by atoms with van der Waals surface area (Å²) >= 11 is 12.1. The topological polar surface area (TPSA) is 30.5 Å². The van der Waals surface area contributed by atoms with E-state index >= 15 is 0 Å². The van der Waals surface area contributed by atoms with Gasteiger partial charge in [-0.25, -0.2) is 0 Å². The van der Waals surface area contributed by atoms with E-state index in [2.05, 4.69) is 5.32 Å². The van der Waals surface area contributed by atoms with Crippen LogP contribution in [-0.4, -0.2) is 13.7 Å². The van der Waals surface area contributed by atoms with Crippen LogP contribution in [0.15, 0.2) is 36.4 Å². The molecule has 0 saturated heterocycles. The van der Waals surface area contributed by atoms with E-state index in [0.29, 0.717) is 34.7 Å². The fourth-order valence-corrected chi connectivity index (χ4v) is 2.35. The molecule has 0 aromatic heterocycles. The monoisotopic (exact) mass is 325 g/mol. The van der Waals surface area contributed by atoms with Crippen molar-refractivity contribution in [3.05, 3.63) is 52.0 Å². The third kappa shape index (κ3) is 4.19. The normalized spacial score (nSPS) is 10.3. The second kappa shape index (κ2) is 7.43. The maximum Gasteiger partial charge on any atom is 0.179 e. The molecule has 2 aromatic rings. The number of hydrogen-bond donors (Lipinski definition) is 1. The van der Waals surface area contributed by atoms with Gasteiger partial charge in [0.15, 0.2) is 11.5 Å². The third-order valence-corrected chi connectivity index (χ3v) is 3.45. The zero-order valence-electron chi connectivity index (χ0n) is 12.0. The van der Waals surface area contributed by atoms with Gasteiger partial charge < -0.3 is 14.8 Å². The van der Waals surface area contributed by atoms with Crippen LogP contribution in [0.3, 0.4) is 0 Å². The Morgan fingerprint density at radius 1 is 1.10 bits per heavy atom. The van der Waals surface area contributed by atoms with Crippen LogP contribution in [0.4, 0.5) is 5.69 Å². The Balaban J connectivity index is 2.13. The lowest BCUT2D eigenvalue weighted by molar-refractivity contribution is 0.311. The van der Waals surface area contributed by atoms with Crippen molar-refractivity contribution in [2.45, 2.75) is 13.5 Å². The molecule has 3 nitrogen and oxygen atoms in total. The lowest BCUT2D eigenvalue weighted by atomic mass is 10.2. The maximum absolute atomic E-state index is 6.24. The standard InChI is InChI=1S/C16H17Cl2NO2/c1-3-21-16-14(18)8-11(9-15(16)20-2)10-19-13-6-4-12(17)5-7-13/h4-9,19H,3,10H2,1-2H3. The highest BCUT2D eigenvalue weighted by Gasteiger charge is 2.11. The van der Waals surface area contributed by atoms with Crippen molar-refractivity contribution in [2.75, 3.05) is 19.0 Å². The van der Waals surface area contributed by atoms with Gasteiger partial charge in [0.2, 0.25) is 0 Å². The Bertz CT molecular complexity index is 600. The molecule has 1 N–H and O–H groups in total. The van der Waals surface area contributed by atoms with E-state index in [0.717, 1.165) is 11.3 Å². The molecule has 0 aliphatic rings. The quantitative estimate of drug-likeness (QED) is 0.809. The molecule has 0 aliphatic heterocycles. The molecule has 112 valence electrons. The van der Waals surface area contributed by atoms with Crippen molar-refractivity contribution < 1.29 is 9.47 Å². The highest BCUT2D eigenvalue weighted by molar-refractivity contribution is 6.32. The summed E-state index contributed by atoms with van der Waals surface area (Å²) in [6.07, 6.45) is 0. The minimum atomic E-state index is 0.540. The number of methoxy groups -OCH3 is 1. The average molecular weight is 326 g/mol. The first-order chi connectivity index (χ1) is 10.1. The fraction of sp³-hybridized carbons (Fsp3) is 0.250. The van der Waals surface area contributed by atoms with E-state index in [1.165, 1.54) is 0 Å². The maximum atomic E-state index is 6.24. The van der Waals surface area contributed by atoms with Crippen molar-refractivity contribution in [1.82, 2.24) is 0 Å². The predicted octanol–water partition coefficient (Wildman–Crippen LogP) is 5.01. The highest BCUT2D eigenvalue weighted by Crippen LogP contribution is 2.36. The van der Waals surface area contributed by atoms with E-state index < -0.39 is 0 Å². The highest BCUT2D eigenvalue weighted by atomic mass is 35.5. The van der Waals surface area contributed by atoms with Crippen LogP contribution in [0.2, 0.25) is 10.0 Å². The van der Waals surface area contributed by atoms with Crippen LogP contribution in [-0.2, 0) is 6.54 Å². The van der Waals surface area contributed by atoms with E-state index in [1.54, 1.807) is 7.11 Å². The SMILES string of the molecule is CCOc1c(Cl)cc(CNc2ccc(Cl)cc2)cc1OC. The van der Waals surface area contributed by atoms with Crippen LogP contribution < -0.4 is 14.8 Å². The van der Waals surface area contributed by atoms with Crippen LogP contribution in [0.5, 0.6) is 11.5 Å². The van der Waals surface area contributed by atoms with Gasteiger partial charge in [-0.1, -0.05) is 23.2 Å². The Labute approximate surface area is 134 Å². The number of rotatable bonds is 6. The van der Waals surface area contributed by atoms with Crippen LogP contribution in [0, 0.1) is 0 Å². The van der Waals surface area contributed by atoms with Gasteiger partial charge in [0, 0.05) is 17.3 Å². The largest absolute Gasteiger partial charge is 0.493 e. The first-order valence-corrected chi connectivity index (χ1v) is 7.38. The zero-order chi connectivity index (χ0) is 15.2. The minimum absolute atomic E-state index is 0.540. The average Bonchev–Trinajstić information content (AvgIpc) is 2.49. The molecule has 0 heterocycles. The Hall–Kier alpha value is -1.58. The number of anilines is 1. The van der Waals surface area contributed by atoms with Gasteiger partial charge >= 0.3 is 0 Å². The van der Waals surface area contributed by atoms with E-state index in [-0.39, 0.29) is 0 Å². The summed E-state index contributed by atoms with van der Waals surface area (Å²) in [6, 6.07) is 11.3. The second-order valence-electron chi connectivity index (χ2n) is 4.40. The van der Waals surface area contributed by atoms with E-state index in [4.69, 9.17) is 32.7 Å². The molecular weight excluding hydrogens is 309 g/mol. The molecule has 0 fully saturated rings. The lowest BCUT2D eigenvalue weighted by Crippen LogP contribution is -2.02. The van der Waals surface area contributed by atoms with Crippen LogP contribution in [0.25, 0.3) is 0 Å². The number of nitrogens with one attached hydrogen (secondary N) is 1. The first-order valence-electron chi connectivity index (χ1n) is 6.62. The third-order valence-electron chi connectivity index (χ3n) is 2.92. The summed E-state index contributed by atoms with van der Waals surface area (Å²) in [5, 5.41) is 4.56. The molecule has 0 amide bonds. The molecular formula is C16H17Cl2NO2. The Kier molecular flexibility index (Phi) is 5.59. The molecule has 2 rings (SSSR count). The van der Waals surface area contributed by atoms with Crippen molar-refractivity contribution in [3.8, 4) is 11.5 Å². The van der Waals surface area contributed by atoms with E-state index in [1.807, 2.05) is 43.3 Å². The molecule has 2 aromatic carbocycles. The van der Waals surface area contributed by atoms with E-state index in [9.17, 15) is 0 Å². The van der Waals surface area contributed by atoms with Crippen molar-refractivity contribution in [2.24, 2.45) is 0 Å². The summed E-state index contributed by atoms with van der Waals surface area (Å²) in [6.45, 7) is 3.08. The van der Waals surface area contributed by atoms with Crippen molar-refractivity contribution in [1.29, 1.82) is 0 Å². The molecule has 0 radical (unpaired) electrons. The Morgan fingerprint density at radius 3 is 2.43 bits per heavy atom. The molecule has 0 spiro atoms. The number of ether oxygens (including phenoxy) is 2. The molecule has 0 atom stereocenters. The predicted molar refractivity (Wildman–Crippen MR) is 88.0 cm³/mol. The summed E-state index contributed by atoms with van der Waals surface area (Å²) in [7, 11) is 1.60. The summed E-state index contributed by atoms with van der Waals surface area (Å²) in [4.78, 5) is 0. The molecule has 0 unspecified atom stereocenters. The number of hydrogen-bond acceptors (Lipinski definition) is 3. The molecule has 21 heavy (non-hydrogen) atoms. The smallest absolute Gasteiger partial charge is 0.179 e. The van der Waals surface area contributed by atoms with Gasteiger partial charge in [-0.2, -0.15) is 0 Å².